The van der Waals surface area contributed by atoms with Crippen molar-refractivity contribution in [3.05, 3.63) is 23.8 Å². The number of nitrogens with zero attached hydrogens (tertiary/aromatic N) is 1. The van der Waals surface area contributed by atoms with Crippen molar-refractivity contribution in [3.8, 4) is 5.75 Å². The normalized spacial score (nSPS) is 26.8. The second kappa shape index (κ2) is 5.62. The number of morpholine rings is 1. The van der Waals surface area contributed by atoms with E-state index in [1.807, 2.05) is 0 Å². The molecular weight excluding hydrogens is 252 g/mol. The average molecular weight is 276 g/mol. The van der Waals surface area contributed by atoms with Gasteiger partial charge in [-0.05, 0) is 44.5 Å². The molecule has 0 aliphatic carbocycles. The Morgan fingerprint density at radius 2 is 2.10 bits per heavy atom. The van der Waals surface area contributed by atoms with Gasteiger partial charge < -0.3 is 19.7 Å². The molecule has 2 aliphatic heterocycles. The molecule has 1 aromatic rings. The summed E-state index contributed by atoms with van der Waals surface area (Å²) in [6, 6.07) is 6.56. The zero-order valence-corrected chi connectivity index (χ0v) is 12.4. The first-order valence-corrected chi connectivity index (χ1v) is 7.49. The predicted octanol–water partition coefficient (Wildman–Crippen LogP) is 2.13. The first kappa shape index (κ1) is 13.7. The summed E-state index contributed by atoms with van der Waals surface area (Å²) in [7, 11) is 1.76. The van der Waals surface area contributed by atoms with E-state index in [0.29, 0.717) is 0 Å². The van der Waals surface area contributed by atoms with Crippen LogP contribution in [0.5, 0.6) is 5.75 Å². The van der Waals surface area contributed by atoms with Gasteiger partial charge in [0.25, 0.3) is 0 Å². The first-order valence-electron chi connectivity index (χ1n) is 7.49. The quantitative estimate of drug-likeness (QED) is 0.917. The van der Waals surface area contributed by atoms with Crippen molar-refractivity contribution in [2.75, 3.05) is 44.9 Å². The topological polar surface area (TPSA) is 33.7 Å². The van der Waals surface area contributed by atoms with Gasteiger partial charge in [-0.25, -0.2) is 0 Å². The highest BCUT2D eigenvalue weighted by atomic mass is 16.5. The molecule has 1 atom stereocenters. The zero-order valence-electron chi connectivity index (χ0n) is 12.4. The molecule has 20 heavy (non-hydrogen) atoms. The molecule has 2 saturated heterocycles. The highest BCUT2D eigenvalue weighted by molar-refractivity contribution is 5.55. The van der Waals surface area contributed by atoms with Gasteiger partial charge in [-0.15, -0.1) is 0 Å². The van der Waals surface area contributed by atoms with Crippen LogP contribution in [-0.2, 0) is 10.3 Å². The smallest absolute Gasteiger partial charge is 0.124 e. The second-order valence-electron chi connectivity index (χ2n) is 5.85. The summed E-state index contributed by atoms with van der Waals surface area (Å²) in [5.41, 5.74) is 2.59. The van der Waals surface area contributed by atoms with Crippen molar-refractivity contribution in [2.45, 2.75) is 25.3 Å². The van der Waals surface area contributed by atoms with Crippen molar-refractivity contribution < 1.29 is 9.47 Å². The molecule has 2 fully saturated rings. The van der Waals surface area contributed by atoms with Gasteiger partial charge in [-0.3, -0.25) is 0 Å². The molecule has 4 nitrogen and oxygen atoms in total. The number of hydrogen-bond acceptors (Lipinski definition) is 4. The summed E-state index contributed by atoms with van der Waals surface area (Å²) in [6.45, 7) is 6.93. The van der Waals surface area contributed by atoms with E-state index in [0.717, 1.165) is 45.0 Å². The van der Waals surface area contributed by atoms with Crippen LogP contribution in [-0.4, -0.2) is 40.0 Å². The fourth-order valence-corrected chi connectivity index (χ4v) is 3.27. The first-order chi connectivity index (χ1) is 9.73. The minimum Gasteiger partial charge on any atom is -0.496 e. The molecule has 3 rings (SSSR count). The van der Waals surface area contributed by atoms with Crippen LogP contribution in [0.15, 0.2) is 18.2 Å². The average Bonchev–Trinajstić information content (AvgIpc) is 2.95. The fourth-order valence-electron chi connectivity index (χ4n) is 3.27. The molecule has 110 valence electrons. The van der Waals surface area contributed by atoms with Crippen LogP contribution in [0.1, 0.15) is 25.3 Å². The number of benzene rings is 1. The number of rotatable bonds is 3. The lowest BCUT2D eigenvalue weighted by atomic mass is 9.89. The Morgan fingerprint density at radius 1 is 1.30 bits per heavy atom. The molecule has 4 heteroatoms. The molecule has 0 bridgehead atoms. The largest absolute Gasteiger partial charge is 0.496 e. The predicted molar refractivity (Wildman–Crippen MR) is 80.6 cm³/mol. The summed E-state index contributed by atoms with van der Waals surface area (Å²) in [5, 5.41) is 3.63. The molecule has 2 heterocycles. The summed E-state index contributed by atoms with van der Waals surface area (Å²) < 4.78 is 11.0. The Morgan fingerprint density at radius 3 is 2.75 bits per heavy atom. The summed E-state index contributed by atoms with van der Waals surface area (Å²) >= 11 is 0. The van der Waals surface area contributed by atoms with E-state index in [-0.39, 0.29) is 5.54 Å². The van der Waals surface area contributed by atoms with E-state index in [2.05, 4.69) is 35.3 Å². The lowest BCUT2D eigenvalue weighted by Gasteiger charge is -2.32. The molecule has 1 unspecified atom stereocenters. The third-order valence-electron chi connectivity index (χ3n) is 4.52. The Balaban J connectivity index is 1.94. The van der Waals surface area contributed by atoms with E-state index >= 15 is 0 Å². The van der Waals surface area contributed by atoms with Gasteiger partial charge in [0.15, 0.2) is 0 Å². The van der Waals surface area contributed by atoms with Crippen molar-refractivity contribution >= 4 is 5.69 Å². The van der Waals surface area contributed by atoms with Crippen LogP contribution >= 0.6 is 0 Å². The van der Waals surface area contributed by atoms with Crippen LogP contribution in [0, 0.1) is 0 Å². The minimum atomic E-state index is 0.0354. The van der Waals surface area contributed by atoms with E-state index in [4.69, 9.17) is 9.47 Å². The fraction of sp³-hybridized carbons (Fsp3) is 0.625. The molecule has 1 N–H and O–H groups in total. The maximum atomic E-state index is 5.58. The van der Waals surface area contributed by atoms with E-state index in [1.54, 1.807) is 7.11 Å². The summed E-state index contributed by atoms with van der Waals surface area (Å²) in [6.07, 6.45) is 2.39. The SMILES string of the molecule is COc1ccc(N2CCOCC2)cc1C1(C)CCCN1. The lowest BCUT2D eigenvalue weighted by molar-refractivity contribution is 0.122. The Kier molecular flexibility index (Phi) is 3.85. The number of hydrogen-bond donors (Lipinski definition) is 1. The number of anilines is 1. The van der Waals surface area contributed by atoms with Gasteiger partial charge in [0.1, 0.15) is 5.75 Å². The van der Waals surface area contributed by atoms with Crippen molar-refractivity contribution in [1.82, 2.24) is 5.32 Å². The monoisotopic (exact) mass is 276 g/mol. The summed E-state index contributed by atoms with van der Waals surface area (Å²) in [4.78, 5) is 2.39. The molecule has 0 aromatic heterocycles. The van der Waals surface area contributed by atoms with Gasteiger partial charge in [-0.2, -0.15) is 0 Å². The second-order valence-corrected chi connectivity index (χ2v) is 5.85. The third kappa shape index (κ3) is 2.50. The van der Waals surface area contributed by atoms with E-state index in [9.17, 15) is 0 Å². The molecule has 2 aliphatic rings. The van der Waals surface area contributed by atoms with Crippen LogP contribution in [0.4, 0.5) is 5.69 Å². The molecule has 0 spiro atoms. The Labute approximate surface area is 121 Å². The molecule has 1 aromatic carbocycles. The van der Waals surface area contributed by atoms with Crippen molar-refractivity contribution in [3.63, 3.8) is 0 Å². The molecule has 0 radical (unpaired) electrons. The lowest BCUT2D eigenvalue weighted by Crippen LogP contribution is -2.37. The van der Waals surface area contributed by atoms with Gasteiger partial charge >= 0.3 is 0 Å². The molecular formula is C16H24N2O2. The maximum Gasteiger partial charge on any atom is 0.124 e. The number of methoxy groups -OCH3 is 1. The highest BCUT2D eigenvalue weighted by Gasteiger charge is 2.33. The molecule has 0 saturated carbocycles. The highest BCUT2D eigenvalue weighted by Crippen LogP contribution is 2.38. The van der Waals surface area contributed by atoms with E-state index in [1.165, 1.54) is 17.7 Å². The minimum absolute atomic E-state index is 0.0354. The maximum absolute atomic E-state index is 5.58. The van der Waals surface area contributed by atoms with E-state index < -0.39 is 0 Å². The van der Waals surface area contributed by atoms with Crippen molar-refractivity contribution in [1.29, 1.82) is 0 Å². The van der Waals surface area contributed by atoms with Crippen molar-refractivity contribution in [2.24, 2.45) is 0 Å². The summed E-state index contributed by atoms with van der Waals surface area (Å²) in [5.74, 6) is 0.985. The van der Waals surface area contributed by atoms with Crippen LogP contribution in [0.25, 0.3) is 0 Å². The molecule has 0 amide bonds. The van der Waals surface area contributed by atoms with Gasteiger partial charge in [0.2, 0.25) is 0 Å². The third-order valence-corrected chi connectivity index (χ3v) is 4.52. The zero-order chi connectivity index (χ0) is 14.0. The van der Waals surface area contributed by atoms with Gasteiger partial charge in [0, 0.05) is 29.9 Å². The Hall–Kier alpha value is -1.26. The standard InChI is InChI=1S/C16H24N2O2/c1-16(6-3-7-17-16)14-12-13(4-5-15(14)19-2)18-8-10-20-11-9-18/h4-5,12,17H,3,6-11H2,1-2H3. The van der Waals surface area contributed by atoms with Crippen LogP contribution < -0.4 is 15.0 Å². The van der Waals surface area contributed by atoms with Crippen LogP contribution in [0.2, 0.25) is 0 Å². The van der Waals surface area contributed by atoms with Crippen LogP contribution in [0.3, 0.4) is 0 Å². The number of ether oxygens (including phenoxy) is 2. The van der Waals surface area contributed by atoms with Gasteiger partial charge in [-0.1, -0.05) is 0 Å². The number of nitrogens with one attached hydrogen (secondary N) is 1. The Bertz CT molecular complexity index is 464. The van der Waals surface area contributed by atoms with Gasteiger partial charge in [0.05, 0.1) is 20.3 Å².